The predicted molar refractivity (Wildman–Crippen MR) is 100.0 cm³/mol. The molecule has 25 heavy (non-hydrogen) atoms. The summed E-state index contributed by atoms with van der Waals surface area (Å²) in [5.74, 6) is -0.115. The summed E-state index contributed by atoms with van der Waals surface area (Å²) in [6, 6.07) is 5.46. The molecular formula is C18H21ClN2O3S. The van der Waals surface area contributed by atoms with Crippen LogP contribution in [0.5, 0.6) is 0 Å². The quantitative estimate of drug-likeness (QED) is 0.767. The van der Waals surface area contributed by atoms with Crippen molar-refractivity contribution >= 4 is 38.2 Å². The number of aromatic nitrogens is 1. The third-order valence-corrected chi connectivity index (χ3v) is 6.73. The molecule has 0 N–H and O–H groups in total. The normalized spacial score (nSPS) is 19.3. The van der Waals surface area contributed by atoms with Gasteiger partial charge in [-0.3, -0.25) is 4.79 Å². The zero-order chi connectivity index (χ0) is 18.4. The van der Waals surface area contributed by atoms with Crippen LogP contribution in [0.1, 0.15) is 34.8 Å². The molecule has 7 heteroatoms. The number of benzene rings is 1. The minimum atomic E-state index is -3.06. The first kappa shape index (κ1) is 18.1. The van der Waals surface area contributed by atoms with Gasteiger partial charge >= 0.3 is 0 Å². The fourth-order valence-corrected chi connectivity index (χ4v) is 5.47. The second-order valence-electron chi connectivity index (χ2n) is 6.63. The first-order valence-electron chi connectivity index (χ1n) is 8.30. The minimum Gasteiger partial charge on any atom is -0.335 e. The van der Waals surface area contributed by atoms with Crippen molar-refractivity contribution in [2.45, 2.75) is 33.2 Å². The highest BCUT2D eigenvalue weighted by Gasteiger charge is 2.35. The third kappa shape index (κ3) is 3.51. The SMILES string of the molecule is CCN(C(=O)c1cc2cc(C)cc(C)c2nc1Cl)C1CCS(=O)(=O)C1. The highest BCUT2D eigenvalue weighted by Crippen LogP contribution is 2.27. The summed E-state index contributed by atoms with van der Waals surface area (Å²) in [7, 11) is -3.06. The van der Waals surface area contributed by atoms with Gasteiger partial charge in [0.15, 0.2) is 9.84 Å². The maximum atomic E-state index is 13.0. The van der Waals surface area contributed by atoms with E-state index in [9.17, 15) is 13.2 Å². The Hall–Kier alpha value is -1.66. The van der Waals surface area contributed by atoms with E-state index in [4.69, 9.17) is 11.6 Å². The van der Waals surface area contributed by atoms with Gasteiger partial charge in [-0.15, -0.1) is 0 Å². The van der Waals surface area contributed by atoms with Crippen LogP contribution in [0.15, 0.2) is 18.2 Å². The molecule has 0 aliphatic carbocycles. The first-order valence-corrected chi connectivity index (χ1v) is 10.5. The molecule has 134 valence electrons. The van der Waals surface area contributed by atoms with Gasteiger partial charge in [-0.2, -0.15) is 0 Å². The molecule has 1 fully saturated rings. The second-order valence-corrected chi connectivity index (χ2v) is 9.22. The van der Waals surface area contributed by atoms with E-state index in [1.807, 2.05) is 32.9 Å². The summed E-state index contributed by atoms with van der Waals surface area (Å²) >= 11 is 6.30. The van der Waals surface area contributed by atoms with E-state index < -0.39 is 9.84 Å². The number of sulfone groups is 1. The van der Waals surface area contributed by atoms with Crippen LogP contribution in [-0.2, 0) is 9.84 Å². The van der Waals surface area contributed by atoms with Crippen molar-refractivity contribution in [1.29, 1.82) is 0 Å². The topological polar surface area (TPSA) is 67.3 Å². The molecule has 0 radical (unpaired) electrons. The van der Waals surface area contributed by atoms with Gasteiger partial charge in [-0.05, 0) is 44.9 Å². The van der Waals surface area contributed by atoms with Gasteiger partial charge in [-0.1, -0.05) is 23.2 Å². The molecule has 1 saturated heterocycles. The smallest absolute Gasteiger partial charge is 0.257 e. The summed E-state index contributed by atoms with van der Waals surface area (Å²) in [5.41, 5.74) is 3.19. The number of rotatable bonds is 3. The number of aryl methyl sites for hydroxylation is 2. The van der Waals surface area contributed by atoms with Gasteiger partial charge in [0.05, 0.1) is 22.6 Å². The summed E-state index contributed by atoms with van der Waals surface area (Å²) < 4.78 is 23.5. The molecule has 1 aliphatic rings. The third-order valence-electron chi connectivity index (χ3n) is 4.69. The standard InChI is InChI=1S/C18H21ClN2O3S/c1-4-21(14-5-6-25(23,24)10-14)18(22)15-9-13-8-11(2)7-12(3)16(13)20-17(15)19/h7-9,14H,4-6,10H2,1-3H3. The van der Waals surface area contributed by atoms with E-state index in [1.54, 1.807) is 11.0 Å². The van der Waals surface area contributed by atoms with Crippen LogP contribution in [-0.4, -0.2) is 48.3 Å². The van der Waals surface area contributed by atoms with E-state index in [2.05, 4.69) is 4.98 Å². The molecule has 1 atom stereocenters. The lowest BCUT2D eigenvalue weighted by Crippen LogP contribution is -2.41. The van der Waals surface area contributed by atoms with Gasteiger partial charge < -0.3 is 4.90 Å². The summed E-state index contributed by atoms with van der Waals surface area (Å²) in [4.78, 5) is 19.0. The number of halogens is 1. The number of carbonyl (C=O) groups excluding carboxylic acids is 1. The Morgan fingerprint density at radius 3 is 2.64 bits per heavy atom. The van der Waals surface area contributed by atoms with Gasteiger partial charge in [0.25, 0.3) is 5.91 Å². The van der Waals surface area contributed by atoms with Crippen molar-refractivity contribution in [3.63, 3.8) is 0 Å². The van der Waals surface area contributed by atoms with Gasteiger partial charge in [0, 0.05) is 18.0 Å². The summed E-state index contributed by atoms with van der Waals surface area (Å²) in [5, 5.41) is 1.02. The Labute approximate surface area is 152 Å². The highest BCUT2D eigenvalue weighted by molar-refractivity contribution is 7.91. The van der Waals surface area contributed by atoms with E-state index in [0.29, 0.717) is 18.5 Å². The molecule has 0 bridgehead atoms. The van der Waals surface area contributed by atoms with Crippen LogP contribution >= 0.6 is 11.6 Å². The summed E-state index contributed by atoms with van der Waals surface area (Å²) in [6.07, 6.45) is 0.471. The van der Waals surface area contributed by atoms with E-state index in [1.165, 1.54) is 0 Å². The molecule has 1 amide bonds. The lowest BCUT2D eigenvalue weighted by atomic mass is 10.0. The molecule has 2 aromatic rings. The Morgan fingerprint density at radius 2 is 2.04 bits per heavy atom. The highest BCUT2D eigenvalue weighted by atomic mass is 35.5. The van der Waals surface area contributed by atoms with Crippen LogP contribution in [0.2, 0.25) is 5.15 Å². The van der Waals surface area contributed by atoms with Crippen LogP contribution in [0, 0.1) is 13.8 Å². The lowest BCUT2D eigenvalue weighted by Gasteiger charge is -2.27. The number of carbonyl (C=O) groups is 1. The van der Waals surface area contributed by atoms with E-state index in [0.717, 1.165) is 22.0 Å². The van der Waals surface area contributed by atoms with Crippen molar-refractivity contribution in [3.8, 4) is 0 Å². The van der Waals surface area contributed by atoms with Gasteiger partial charge in [0.2, 0.25) is 0 Å². The van der Waals surface area contributed by atoms with Crippen molar-refractivity contribution in [2.24, 2.45) is 0 Å². The average molecular weight is 381 g/mol. The Morgan fingerprint density at radius 1 is 1.32 bits per heavy atom. The first-order chi connectivity index (χ1) is 11.7. The van der Waals surface area contributed by atoms with Gasteiger partial charge in [0.1, 0.15) is 5.15 Å². The maximum absolute atomic E-state index is 13.0. The lowest BCUT2D eigenvalue weighted by molar-refractivity contribution is 0.0708. The zero-order valence-corrected chi connectivity index (χ0v) is 16.1. The van der Waals surface area contributed by atoms with E-state index >= 15 is 0 Å². The van der Waals surface area contributed by atoms with Crippen molar-refractivity contribution in [2.75, 3.05) is 18.1 Å². The molecule has 1 aromatic carbocycles. The Bertz CT molecular complexity index is 956. The van der Waals surface area contributed by atoms with Crippen molar-refractivity contribution < 1.29 is 13.2 Å². The van der Waals surface area contributed by atoms with Crippen molar-refractivity contribution in [3.05, 3.63) is 40.0 Å². The number of hydrogen-bond donors (Lipinski definition) is 0. The fourth-order valence-electron chi connectivity index (χ4n) is 3.52. The number of amides is 1. The van der Waals surface area contributed by atoms with Gasteiger partial charge in [-0.25, -0.2) is 13.4 Å². The molecule has 1 aromatic heterocycles. The fraction of sp³-hybridized carbons (Fsp3) is 0.444. The molecule has 1 aliphatic heterocycles. The molecule has 3 rings (SSSR count). The Balaban J connectivity index is 2.02. The summed E-state index contributed by atoms with van der Waals surface area (Å²) in [6.45, 7) is 6.23. The molecule has 2 heterocycles. The maximum Gasteiger partial charge on any atom is 0.257 e. The minimum absolute atomic E-state index is 0.0173. The van der Waals surface area contributed by atoms with E-state index in [-0.39, 0.29) is 28.6 Å². The van der Waals surface area contributed by atoms with Crippen LogP contribution < -0.4 is 0 Å². The van der Waals surface area contributed by atoms with Crippen LogP contribution in [0.25, 0.3) is 10.9 Å². The van der Waals surface area contributed by atoms with Crippen LogP contribution in [0.3, 0.4) is 0 Å². The molecule has 1 unspecified atom stereocenters. The number of hydrogen-bond acceptors (Lipinski definition) is 4. The molecular weight excluding hydrogens is 360 g/mol. The Kier molecular flexibility index (Phi) is 4.77. The number of nitrogens with zero attached hydrogens (tertiary/aromatic N) is 2. The largest absolute Gasteiger partial charge is 0.335 e. The van der Waals surface area contributed by atoms with Crippen LogP contribution in [0.4, 0.5) is 0 Å². The van der Waals surface area contributed by atoms with Crippen molar-refractivity contribution in [1.82, 2.24) is 9.88 Å². The average Bonchev–Trinajstić information content (AvgIpc) is 2.88. The monoisotopic (exact) mass is 380 g/mol. The molecule has 0 saturated carbocycles. The number of fused-ring (bicyclic) bond motifs is 1. The zero-order valence-electron chi connectivity index (χ0n) is 14.5. The molecule has 0 spiro atoms. The predicted octanol–water partition coefficient (Wildman–Crippen LogP) is 3.15. The second kappa shape index (κ2) is 6.57. The molecule has 5 nitrogen and oxygen atoms in total. The number of pyridine rings is 1.